The summed E-state index contributed by atoms with van der Waals surface area (Å²) in [4.78, 5) is 32.5. The Labute approximate surface area is 194 Å². The third-order valence-corrected chi connectivity index (χ3v) is 10.7. The highest BCUT2D eigenvalue weighted by molar-refractivity contribution is 6.74. The molecule has 182 valence electrons. The summed E-state index contributed by atoms with van der Waals surface area (Å²) in [6.07, 6.45) is -1.29. The minimum absolute atomic E-state index is 0.0207. The van der Waals surface area contributed by atoms with Gasteiger partial charge in [-0.2, -0.15) is 0 Å². The molecule has 0 aromatic heterocycles. The van der Waals surface area contributed by atoms with Crippen LogP contribution in [0, 0.1) is 0 Å². The Balaban J connectivity index is 3.09. The molecule has 7 nitrogen and oxygen atoms in total. The van der Waals surface area contributed by atoms with Crippen molar-refractivity contribution in [2.24, 2.45) is 0 Å². The zero-order chi connectivity index (χ0) is 24.9. The van der Waals surface area contributed by atoms with Crippen LogP contribution < -0.4 is 0 Å². The van der Waals surface area contributed by atoms with Gasteiger partial charge in [-0.1, -0.05) is 39.0 Å². The molecule has 0 aliphatic rings. The molecule has 0 radical (unpaired) electrons. The van der Waals surface area contributed by atoms with Gasteiger partial charge in [0.2, 0.25) is 0 Å². The van der Waals surface area contributed by atoms with Crippen LogP contribution in [0.25, 0.3) is 0 Å². The first-order valence-electron chi connectivity index (χ1n) is 11.1. The average molecular weight is 467 g/mol. The van der Waals surface area contributed by atoms with Crippen LogP contribution in [0.3, 0.4) is 0 Å². The van der Waals surface area contributed by atoms with Crippen molar-refractivity contribution in [1.82, 2.24) is 9.96 Å². The number of likely N-dealkylation sites (N-methyl/N-ethyl adjacent to an activating group) is 1. The van der Waals surface area contributed by atoms with E-state index in [-0.39, 0.29) is 17.4 Å². The van der Waals surface area contributed by atoms with Crippen LogP contribution in [0.4, 0.5) is 0 Å². The molecule has 1 N–H and O–H groups in total. The number of rotatable bonds is 9. The molecule has 1 unspecified atom stereocenters. The first-order chi connectivity index (χ1) is 14.5. The third-order valence-electron chi connectivity index (χ3n) is 6.17. The highest BCUT2D eigenvalue weighted by Crippen LogP contribution is 2.36. The molecule has 0 heterocycles. The molecule has 0 aliphatic heterocycles. The SMILES string of the molecule is CON(C)C(=O)C(O)Cc1ccccc1C(=O)N(CCO[Si](C)(C)C(C)(C)C)C(C)(C)C. The van der Waals surface area contributed by atoms with E-state index in [1.165, 1.54) is 14.2 Å². The summed E-state index contributed by atoms with van der Waals surface area (Å²) >= 11 is 0. The van der Waals surface area contributed by atoms with E-state index in [0.717, 1.165) is 5.06 Å². The van der Waals surface area contributed by atoms with E-state index in [9.17, 15) is 14.7 Å². The Morgan fingerprint density at radius 3 is 2.16 bits per heavy atom. The lowest BCUT2D eigenvalue weighted by Gasteiger charge is -2.39. The van der Waals surface area contributed by atoms with Crippen molar-refractivity contribution in [2.75, 3.05) is 27.3 Å². The Hall–Kier alpha value is -1.74. The van der Waals surface area contributed by atoms with E-state index in [4.69, 9.17) is 9.26 Å². The fourth-order valence-electron chi connectivity index (χ4n) is 3.00. The molecule has 32 heavy (non-hydrogen) atoms. The number of benzene rings is 1. The monoisotopic (exact) mass is 466 g/mol. The van der Waals surface area contributed by atoms with Crippen LogP contribution in [0.5, 0.6) is 0 Å². The van der Waals surface area contributed by atoms with E-state index in [2.05, 4.69) is 33.9 Å². The molecule has 1 aromatic rings. The zero-order valence-corrected chi connectivity index (χ0v) is 22.5. The normalized spacial score (nSPS) is 13.6. The second-order valence-corrected chi connectivity index (χ2v) is 15.4. The standard InChI is InChI=1S/C24H42N2O5Si/c1-23(2,3)26(15-16-31-32(9,10)24(4,5)6)21(28)19-14-12-11-13-18(19)17-20(27)22(29)25(7)30-8/h11-14,20,27H,15-17H2,1-10H3. The van der Waals surface area contributed by atoms with Crippen molar-refractivity contribution < 1.29 is 24.0 Å². The number of amides is 2. The van der Waals surface area contributed by atoms with Crippen molar-refractivity contribution >= 4 is 20.1 Å². The Morgan fingerprint density at radius 2 is 1.66 bits per heavy atom. The van der Waals surface area contributed by atoms with Gasteiger partial charge < -0.3 is 14.4 Å². The highest BCUT2D eigenvalue weighted by Gasteiger charge is 2.38. The largest absolute Gasteiger partial charge is 0.415 e. The van der Waals surface area contributed by atoms with E-state index in [1.807, 2.05) is 20.8 Å². The maximum Gasteiger partial charge on any atom is 0.274 e. The maximum atomic E-state index is 13.6. The molecule has 1 atom stereocenters. The van der Waals surface area contributed by atoms with E-state index < -0.39 is 25.9 Å². The summed E-state index contributed by atoms with van der Waals surface area (Å²) in [5, 5.41) is 11.4. The molecule has 8 heteroatoms. The van der Waals surface area contributed by atoms with Gasteiger partial charge in [0.15, 0.2) is 8.32 Å². The molecule has 0 saturated carbocycles. The van der Waals surface area contributed by atoms with Gasteiger partial charge in [-0.3, -0.25) is 14.4 Å². The molecular weight excluding hydrogens is 424 g/mol. The number of hydroxylamine groups is 2. The highest BCUT2D eigenvalue weighted by atomic mass is 28.4. The smallest absolute Gasteiger partial charge is 0.274 e. The summed E-state index contributed by atoms with van der Waals surface area (Å²) in [5.74, 6) is -0.711. The van der Waals surface area contributed by atoms with Crippen LogP contribution in [0.15, 0.2) is 24.3 Å². The van der Waals surface area contributed by atoms with E-state index in [0.29, 0.717) is 24.3 Å². The molecular formula is C24H42N2O5Si. The van der Waals surface area contributed by atoms with Crippen molar-refractivity contribution in [2.45, 2.75) is 77.7 Å². The lowest BCUT2D eigenvalue weighted by atomic mass is 9.97. The van der Waals surface area contributed by atoms with Gasteiger partial charge in [0.1, 0.15) is 6.10 Å². The van der Waals surface area contributed by atoms with Crippen LogP contribution in [0.1, 0.15) is 57.5 Å². The lowest BCUT2D eigenvalue weighted by molar-refractivity contribution is -0.177. The minimum Gasteiger partial charge on any atom is -0.415 e. The van der Waals surface area contributed by atoms with Gasteiger partial charge in [-0.05, 0) is 50.5 Å². The van der Waals surface area contributed by atoms with Crippen molar-refractivity contribution in [3.63, 3.8) is 0 Å². The summed E-state index contributed by atoms with van der Waals surface area (Å²) in [6, 6.07) is 7.09. The number of hydrogen-bond acceptors (Lipinski definition) is 5. The van der Waals surface area contributed by atoms with Crippen molar-refractivity contribution in [1.29, 1.82) is 0 Å². The van der Waals surface area contributed by atoms with Crippen molar-refractivity contribution in [3.05, 3.63) is 35.4 Å². The topological polar surface area (TPSA) is 79.3 Å². The van der Waals surface area contributed by atoms with Gasteiger partial charge in [-0.15, -0.1) is 0 Å². The number of nitrogens with zero attached hydrogens (tertiary/aromatic N) is 2. The summed E-state index contributed by atoms with van der Waals surface area (Å²) < 4.78 is 6.31. The fourth-order valence-corrected chi connectivity index (χ4v) is 4.03. The van der Waals surface area contributed by atoms with Gasteiger partial charge in [-0.25, -0.2) is 5.06 Å². The Morgan fingerprint density at radius 1 is 1.09 bits per heavy atom. The fraction of sp³-hybridized carbons (Fsp3) is 0.667. The second kappa shape index (κ2) is 10.9. The predicted octanol–water partition coefficient (Wildman–Crippen LogP) is 3.87. The van der Waals surface area contributed by atoms with Crippen LogP contribution in [-0.4, -0.2) is 74.2 Å². The van der Waals surface area contributed by atoms with Gasteiger partial charge in [0, 0.05) is 31.1 Å². The van der Waals surface area contributed by atoms with Crippen LogP contribution in [0.2, 0.25) is 18.1 Å². The maximum absolute atomic E-state index is 13.6. The zero-order valence-electron chi connectivity index (χ0n) is 21.5. The molecule has 2 amide bonds. The molecule has 1 rings (SSSR count). The quantitative estimate of drug-likeness (QED) is 0.441. The first kappa shape index (κ1) is 28.3. The molecule has 0 fully saturated rings. The van der Waals surface area contributed by atoms with E-state index in [1.54, 1.807) is 29.2 Å². The van der Waals surface area contributed by atoms with Crippen LogP contribution >= 0.6 is 0 Å². The number of carbonyl (C=O) groups excluding carboxylic acids is 2. The van der Waals surface area contributed by atoms with E-state index >= 15 is 0 Å². The Kier molecular flexibility index (Phi) is 9.65. The number of carbonyl (C=O) groups is 2. The predicted molar refractivity (Wildman–Crippen MR) is 130 cm³/mol. The second-order valence-electron chi connectivity index (χ2n) is 10.6. The molecule has 0 spiro atoms. The molecule has 0 aliphatic carbocycles. The van der Waals surface area contributed by atoms with Gasteiger partial charge >= 0.3 is 0 Å². The lowest BCUT2D eigenvalue weighted by Crippen LogP contribution is -2.49. The molecule has 1 aromatic carbocycles. The van der Waals surface area contributed by atoms with Gasteiger partial charge in [0.05, 0.1) is 13.7 Å². The summed E-state index contributed by atoms with van der Waals surface area (Å²) in [6.45, 7) is 17.9. The van der Waals surface area contributed by atoms with Gasteiger partial charge in [0.25, 0.3) is 11.8 Å². The minimum atomic E-state index is -1.93. The molecule has 0 bridgehead atoms. The average Bonchev–Trinajstić information content (AvgIpc) is 2.68. The third kappa shape index (κ3) is 7.40. The van der Waals surface area contributed by atoms with Crippen molar-refractivity contribution in [3.8, 4) is 0 Å². The Bertz CT molecular complexity index is 783. The number of hydrogen-bond donors (Lipinski definition) is 1. The van der Waals surface area contributed by atoms with Crippen LogP contribution in [-0.2, 0) is 20.5 Å². The summed E-state index contributed by atoms with van der Waals surface area (Å²) in [5.41, 5.74) is 0.662. The summed E-state index contributed by atoms with van der Waals surface area (Å²) in [7, 11) is 0.863. The first-order valence-corrected chi connectivity index (χ1v) is 14.0. The molecule has 0 saturated heterocycles. The number of aliphatic hydroxyl groups is 1. The number of aliphatic hydroxyl groups excluding tert-OH is 1.